The Bertz CT molecular complexity index is 1460. The summed E-state index contributed by atoms with van der Waals surface area (Å²) < 4.78 is 19.9. The zero-order chi connectivity index (χ0) is 24.5. The van der Waals surface area contributed by atoms with Crippen LogP contribution in [0.4, 0.5) is 15.8 Å². The molecule has 36 heavy (non-hydrogen) atoms. The van der Waals surface area contributed by atoms with Crippen LogP contribution in [0.2, 0.25) is 0 Å². The first-order valence-corrected chi connectivity index (χ1v) is 11.1. The molecular weight excluding hydrogens is 467 g/mol. The number of piperazine rings is 1. The molecule has 0 atom stereocenters. The average molecular weight is 493 g/mol. The number of carbonyl (C=O) groups excluding carboxylic acids is 1. The van der Waals surface area contributed by atoms with Crippen LogP contribution in [0.25, 0.3) is 10.9 Å². The van der Waals surface area contributed by atoms with Crippen molar-refractivity contribution >= 4 is 28.2 Å². The molecule has 2 aromatic carbocycles. The summed E-state index contributed by atoms with van der Waals surface area (Å²) in [7, 11) is 0. The Kier molecular flexibility index (Phi) is 6.86. The van der Waals surface area contributed by atoms with E-state index in [2.05, 4.69) is 0 Å². The molecule has 9 nitrogen and oxygen atoms in total. The Morgan fingerprint density at radius 1 is 1.00 bits per heavy atom. The monoisotopic (exact) mass is 492 g/mol. The van der Waals surface area contributed by atoms with Crippen LogP contribution in [0, 0.1) is 15.9 Å². The van der Waals surface area contributed by atoms with E-state index >= 15 is 0 Å². The summed E-state index contributed by atoms with van der Waals surface area (Å²) in [5.41, 5.74) is 0.178. The standard InChI is InChI=1S/C25H21FN4O5.CH4/c26-18-9-7-17(8-10-18)16-29-20-5-2-1-4-19(20)22(23(25(29)32)30(33)34)27-11-13-28(14-12-27)24(31)21-6-3-15-35-21;/h1-10,15H,11-14,16H2;1H4. The van der Waals surface area contributed by atoms with Gasteiger partial charge in [0, 0.05) is 31.6 Å². The molecule has 5 rings (SSSR count). The van der Waals surface area contributed by atoms with Crippen LogP contribution in [0.3, 0.4) is 0 Å². The van der Waals surface area contributed by atoms with Crippen molar-refractivity contribution in [3.63, 3.8) is 0 Å². The van der Waals surface area contributed by atoms with Gasteiger partial charge in [0.05, 0.1) is 23.2 Å². The number of para-hydroxylation sites is 1. The van der Waals surface area contributed by atoms with Gasteiger partial charge in [0.1, 0.15) is 11.5 Å². The van der Waals surface area contributed by atoms with Crippen LogP contribution in [-0.2, 0) is 6.54 Å². The van der Waals surface area contributed by atoms with Gasteiger partial charge in [-0.05, 0) is 35.9 Å². The molecule has 1 amide bonds. The van der Waals surface area contributed by atoms with Crippen molar-refractivity contribution in [2.75, 3.05) is 31.1 Å². The lowest BCUT2D eigenvalue weighted by atomic mass is 10.1. The minimum Gasteiger partial charge on any atom is -0.459 e. The van der Waals surface area contributed by atoms with Gasteiger partial charge in [0.25, 0.3) is 5.91 Å². The van der Waals surface area contributed by atoms with Gasteiger partial charge in [-0.15, -0.1) is 0 Å². The zero-order valence-electron chi connectivity index (χ0n) is 18.6. The van der Waals surface area contributed by atoms with Gasteiger partial charge in [-0.2, -0.15) is 0 Å². The predicted octanol–water partition coefficient (Wildman–Crippen LogP) is 4.29. The highest BCUT2D eigenvalue weighted by Crippen LogP contribution is 2.34. The molecule has 1 aliphatic heterocycles. The summed E-state index contributed by atoms with van der Waals surface area (Å²) in [5, 5.41) is 12.7. The summed E-state index contributed by atoms with van der Waals surface area (Å²) >= 11 is 0. The lowest BCUT2D eigenvalue weighted by Crippen LogP contribution is -2.49. The fourth-order valence-electron chi connectivity index (χ4n) is 4.48. The van der Waals surface area contributed by atoms with E-state index in [9.17, 15) is 24.1 Å². The second-order valence-corrected chi connectivity index (χ2v) is 8.25. The van der Waals surface area contributed by atoms with Crippen molar-refractivity contribution in [2.45, 2.75) is 14.0 Å². The number of rotatable bonds is 5. The number of halogens is 1. The highest BCUT2D eigenvalue weighted by Gasteiger charge is 2.32. The summed E-state index contributed by atoms with van der Waals surface area (Å²) in [4.78, 5) is 41.0. The van der Waals surface area contributed by atoms with E-state index in [1.54, 1.807) is 58.3 Å². The quantitative estimate of drug-likeness (QED) is 0.304. The highest BCUT2D eigenvalue weighted by molar-refractivity contribution is 5.97. The normalized spacial score (nSPS) is 13.5. The van der Waals surface area contributed by atoms with Gasteiger partial charge in [-0.3, -0.25) is 24.3 Å². The summed E-state index contributed by atoms with van der Waals surface area (Å²) in [6, 6.07) is 15.9. The minimum absolute atomic E-state index is 0. The molecule has 0 N–H and O–H groups in total. The SMILES string of the molecule is C.O=C(c1ccco1)N1CCN(c2c([N+](=O)[O-])c(=O)n(Cc3ccc(F)cc3)c3ccccc23)CC1. The van der Waals surface area contributed by atoms with Crippen LogP contribution in [0.1, 0.15) is 23.5 Å². The van der Waals surface area contributed by atoms with E-state index in [0.29, 0.717) is 42.6 Å². The Hall–Kier alpha value is -4.47. The van der Waals surface area contributed by atoms with Gasteiger partial charge in [0.2, 0.25) is 0 Å². The first kappa shape index (κ1) is 24.6. The molecule has 0 aliphatic carbocycles. The molecule has 0 radical (unpaired) electrons. The number of amides is 1. The van der Waals surface area contributed by atoms with Crippen LogP contribution in [0.5, 0.6) is 0 Å². The molecule has 0 saturated carbocycles. The second kappa shape index (κ2) is 10.0. The van der Waals surface area contributed by atoms with Gasteiger partial charge in [-0.25, -0.2) is 4.39 Å². The Morgan fingerprint density at radius 2 is 1.69 bits per heavy atom. The molecule has 4 aromatic rings. The van der Waals surface area contributed by atoms with E-state index in [1.165, 1.54) is 23.0 Å². The Labute approximate surface area is 206 Å². The summed E-state index contributed by atoms with van der Waals surface area (Å²) in [6.45, 7) is 1.34. The number of hydrogen-bond acceptors (Lipinski definition) is 6. The van der Waals surface area contributed by atoms with Gasteiger partial charge >= 0.3 is 11.2 Å². The van der Waals surface area contributed by atoms with E-state index in [-0.39, 0.29) is 31.3 Å². The van der Waals surface area contributed by atoms with Gasteiger partial charge in [-0.1, -0.05) is 37.8 Å². The number of aromatic nitrogens is 1. The predicted molar refractivity (Wildman–Crippen MR) is 134 cm³/mol. The molecule has 3 heterocycles. The molecule has 0 bridgehead atoms. The molecule has 1 fully saturated rings. The number of anilines is 1. The van der Waals surface area contributed by atoms with Crippen molar-refractivity contribution < 1.29 is 18.5 Å². The molecular formula is C26H25FN4O5. The molecule has 0 spiro atoms. The summed E-state index contributed by atoms with van der Waals surface area (Å²) in [5.74, 6) is -0.418. The smallest absolute Gasteiger partial charge is 0.357 e. The lowest BCUT2D eigenvalue weighted by molar-refractivity contribution is -0.385. The van der Waals surface area contributed by atoms with Crippen LogP contribution in [0.15, 0.2) is 76.1 Å². The maximum absolute atomic E-state index is 13.4. The maximum atomic E-state index is 13.4. The third-order valence-electron chi connectivity index (χ3n) is 6.17. The third kappa shape index (κ3) is 4.45. The molecule has 1 saturated heterocycles. The van der Waals surface area contributed by atoms with Crippen molar-refractivity contribution in [3.05, 3.63) is 105 Å². The zero-order valence-corrected chi connectivity index (χ0v) is 18.6. The Balaban J connectivity index is 0.00000304. The number of carbonyl (C=O) groups is 1. The first-order valence-electron chi connectivity index (χ1n) is 11.1. The number of pyridine rings is 1. The topological polar surface area (TPSA) is 102 Å². The average Bonchev–Trinajstić information content (AvgIpc) is 3.41. The number of furan rings is 1. The fraction of sp³-hybridized carbons (Fsp3) is 0.231. The molecule has 0 unspecified atom stereocenters. The molecule has 10 heteroatoms. The number of nitrogens with zero attached hydrogens (tertiary/aromatic N) is 4. The van der Waals surface area contributed by atoms with Crippen LogP contribution < -0.4 is 10.5 Å². The van der Waals surface area contributed by atoms with Crippen molar-refractivity contribution in [1.29, 1.82) is 0 Å². The van der Waals surface area contributed by atoms with Crippen molar-refractivity contribution in [1.82, 2.24) is 9.47 Å². The first-order chi connectivity index (χ1) is 16.9. The minimum atomic E-state index is -0.734. The van der Waals surface area contributed by atoms with E-state index in [1.807, 2.05) is 0 Å². The van der Waals surface area contributed by atoms with Crippen molar-refractivity contribution in [3.8, 4) is 0 Å². The highest BCUT2D eigenvalue weighted by atomic mass is 19.1. The van der Waals surface area contributed by atoms with Gasteiger partial charge < -0.3 is 14.2 Å². The lowest BCUT2D eigenvalue weighted by Gasteiger charge is -2.36. The van der Waals surface area contributed by atoms with Crippen LogP contribution >= 0.6 is 0 Å². The number of hydrogen-bond donors (Lipinski definition) is 0. The second-order valence-electron chi connectivity index (χ2n) is 8.25. The number of fused-ring (bicyclic) bond motifs is 1. The third-order valence-corrected chi connectivity index (χ3v) is 6.17. The van der Waals surface area contributed by atoms with Crippen molar-refractivity contribution in [2.24, 2.45) is 0 Å². The molecule has 1 aliphatic rings. The Morgan fingerprint density at radius 3 is 2.33 bits per heavy atom. The number of benzene rings is 2. The number of nitro groups is 1. The molecule has 186 valence electrons. The largest absolute Gasteiger partial charge is 0.459 e. The molecule has 2 aromatic heterocycles. The van der Waals surface area contributed by atoms with Gasteiger partial charge in [0.15, 0.2) is 5.76 Å². The van der Waals surface area contributed by atoms with Crippen LogP contribution in [-0.4, -0.2) is 46.5 Å². The fourth-order valence-corrected chi connectivity index (χ4v) is 4.48. The van der Waals surface area contributed by atoms with E-state index in [4.69, 9.17) is 4.42 Å². The van der Waals surface area contributed by atoms with E-state index in [0.717, 1.165) is 0 Å². The maximum Gasteiger partial charge on any atom is 0.357 e. The summed E-state index contributed by atoms with van der Waals surface area (Å²) in [6.07, 6.45) is 1.43. The van der Waals surface area contributed by atoms with E-state index < -0.39 is 22.0 Å².